The number of carbonyl (C=O) groups excluding carboxylic acids is 1. The first-order valence-electron chi connectivity index (χ1n) is 20.9. The van der Waals surface area contributed by atoms with Crippen molar-refractivity contribution in [2.75, 3.05) is 19.5 Å². The molecule has 0 unspecified atom stereocenters. The van der Waals surface area contributed by atoms with E-state index < -0.39 is 53.3 Å². The van der Waals surface area contributed by atoms with Crippen LogP contribution in [-0.2, 0) is 20.2 Å². The Bertz CT molecular complexity index is 3790. The Morgan fingerprint density at radius 1 is 0.616 bits per heavy atom. The van der Waals surface area contributed by atoms with E-state index >= 15 is 0 Å². The number of fused-ring (bicyclic) bond motifs is 2. The normalized spacial score (nSPS) is 11.9. The number of azo groups is 2. The quantitative estimate of drug-likeness (QED) is 0.0292. The molecule has 0 atom stereocenters. The number of rotatable bonds is 12. The largest absolute Gasteiger partial charge is 2.00 e. The molecular weight excluding hydrogens is 1050 g/mol. The molecule has 18 nitrogen and oxygen atoms in total. The van der Waals surface area contributed by atoms with E-state index in [1.807, 2.05) is 0 Å². The first-order valence-corrected chi connectivity index (χ1v) is 24.5. The van der Waals surface area contributed by atoms with Crippen molar-refractivity contribution in [1.82, 2.24) is 0 Å². The van der Waals surface area contributed by atoms with Crippen molar-refractivity contribution in [1.29, 1.82) is 0 Å². The Labute approximate surface area is 457 Å². The molecule has 368 valence electrons. The molecule has 0 aliphatic rings. The minimum absolute atomic E-state index is 0. The maximum absolute atomic E-state index is 13.3. The number of aromatic hydroxyl groups is 1. The van der Waals surface area contributed by atoms with Crippen LogP contribution in [0, 0.1) is 13.8 Å². The van der Waals surface area contributed by atoms with Gasteiger partial charge in [-0.2, -0.15) is 21.9 Å². The number of ether oxygens (including phenoxy) is 2. The third-order valence-corrected chi connectivity index (χ3v) is 13.2. The molecule has 0 aromatic heterocycles. The van der Waals surface area contributed by atoms with E-state index in [4.69, 9.17) is 32.7 Å². The Kier molecular flexibility index (Phi) is 17.8. The van der Waals surface area contributed by atoms with E-state index in [0.717, 1.165) is 6.07 Å². The molecule has 8 aromatic carbocycles. The zero-order valence-electron chi connectivity index (χ0n) is 38.7. The first kappa shape index (κ1) is 55.6. The number of nitrogens with zero attached hydrogens (tertiary/aromatic N) is 5. The summed E-state index contributed by atoms with van der Waals surface area (Å²) in [6.07, 6.45) is 0. The molecule has 0 aliphatic heterocycles. The standard InChI is InChI=1S/2C25H20ClN3O6S.Ca/c2*1-14-10-22(36(32,33)34)21(13-20(14)26)28-29-23-18-9-4-3-6-15(18)11-19(24(23)30)25(31)27-16-7-5-8-17(12-16)35-2;/h2*3-13,30H,1-2H3,(H,27,31)(H,32,33,34);/q;;+2/p-2. The smallest absolute Gasteiger partial charge is 0.871 e. The Morgan fingerprint density at radius 3 is 1.63 bits per heavy atom. The number of nitrogens with one attached hydrogen (secondary N) is 1. The van der Waals surface area contributed by atoms with Crippen LogP contribution in [0.3, 0.4) is 0 Å². The molecule has 0 bridgehead atoms. The summed E-state index contributed by atoms with van der Waals surface area (Å²) in [6, 6.07) is 34.4. The zero-order valence-corrected chi connectivity index (χ0v) is 44.1. The first-order chi connectivity index (χ1) is 34.2. The van der Waals surface area contributed by atoms with Gasteiger partial charge < -0.3 is 30.1 Å². The zero-order chi connectivity index (χ0) is 52.1. The molecule has 0 radical (unpaired) electrons. The van der Waals surface area contributed by atoms with Gasteiger partial charge in [0.25, 0.3) is 26.1 Å². The number of hydrogen-bond acceptors (Lipinski definition) is 15. The predicted octanol–water partition coefficient (Wildman–Crippen LogP) is 11.0. The minimum atomic E-state index is -4.66. The second kappa shape index (κ2) is 23.4. The van der Waals surface area contributed by atoms with Crippen molar-refractivity contribution in [3.05, 3.63) is 166 Å². The number of anilines is 1. The maximum Gasteiger partial charge on any atom is 2.00 e. The van der Waals surface area contributed by atoms with Crippen LogP contribution in [-0.4, -0.2) is 94.8 Å². The van der Waals surface area contributed by atoms with Gasteiger partial charge >= 0.3 is 37.7 Å². The average molecular weight is 1090 g/mol. The van der Waals surface area contributed by atoms with E-state index in [1.54, 1.807) is 111 Å². The van der Waals surface area contributed by atoms with Gasteiger partial charge in [0.05, 0.1) is 31.2 Å². The Hall–Kier alpha value is -6.72. The summed E-state index contributed by atoms with van der Waals surface area (Å²) in [5, 5.41) is 58.2. The number of halogens is 2. The fraction of sp³-hybridized carbons (Fsp3) is 0.0800. The predicted molar refractivity (Wildman–Crippen MR) is 275 cm³/mol. The van der Waals surface area contributed by atoms with E-state index in [1.165, 1.54) is 44.6 Å². The van der Waals surface area contributed by atoms with Crippen LogP contribution in [0.1, 0.15) is 27.0 Å². The summed E-state index contributed by atoms with van der Waals surface area (Å²) in [4.78, 5) is 16.1. The molecular formula is C50H38CaCl2N6O12S2. The number of carbonyl (C=O) groups is 1. The molecule has 1 amide bonds. The number of hydrogen-bond donors (Lipinski definition) is 4. The van der Waals surface area contributed by atoms with E-state index in [2.05, 4.69) is 30.8 Å². The second-order valence-electron chi connectivity index (χ2n) is 15.5. The van der Waals surface area contributed by atoms with Crippen molar-refractivity contribution in [2.45, 2.75) is 23.6 Å². The second-order valence-corrected chi connectivity index (χ2v) is 19.1. The fourth-order valence-corrected chi connectivity index (χ4v) is 8.68. The molecule has 0 heterocycles. The maximum atomic E-state index is 13.3. The average Bonchev–Trinajstić information content (AvgIpc) is 3.34. The molecule has 0 saturated heterocycles. The van der Waals surface area contributed by atoms with E-state index in [0.29, 0.717) is 55.5 Å². The number of aryl methyl sites for hydroxylation is 2. The monoisotopic (exact) mass is 1090 g/mol. The van der Waals surface area contributed by atoms with Gasteiger partial charge in [-0.15, -0.1) is 15.3 Å². The SMILES string of the molecule is COc1cccc(N=C([O-])c2cc3ccccc3c(N=Nc3cc(Cl)c(C)cc3S(=O)(=O)O)c2[O-])c1.COc1cccc(NC(=O)c2cc3ccccc3c(N=Nc3cc(Cl)c(C)cc3S(=O)(=O)O)c2O)c1.[Ca+2]. The van der Waals surface area contributed by atoms with Gasteiger partial charge in [-0.3, -0.25) is 18.9 Å². The molecule has 8 aromatic rings. The van der Waals surface area contributed by atoms with E-state index in [9.17, 15) is 46.1 Å². The van der Waals surface area contributed by atoms with Crippen LogP contribution in [0.2, 0.25) is 10.0 Å². The summed E-state index contributed by atoms with van der Waals surface area (Å²) in [7, 11) is -6.32. The molecule has 0 fully saturated rings. The third-order valence-electron chi connectivity index (χ3n) is 10.6. The van der Waals surface area contributed by atoms with Gasteiger partial charge in [-0.05, 0) is 108 Å². The van der Waals surface area contributed by atoms with Gasteiger partial charge in [0.15, 0.2) is 5.75 Å². The minimum Gasteiger partial charge on any atom is -0.871 e. The fourth-order valence-electron chi connectivity index (χ4n) is 6.98. The van der Waals surface area contributed by atoms with Gasteiger partial charge in [0.2, 0.25) is 0 Å². The number of benzene rings is 8. The van der Waals surface area contributed by atoms with Crippen LogP contribution >= 0.6 is 23.2 Å². The molecule has 0 spiro atoms. The molecule has 73 heavy (non-hydrogen) atoms. The molecule has 0 saturated carbocycles. The van der Waals surface area contributed by atoms with Crippen molar-refractivity contribution >= 4 is 149 Å². The van der Waals surface area contributed by atoms with Crippen molar-refractivity contribution in [3.8, 4) is 23.0 Å². The van der Waals surface area contributed by atoms with Crippen LogP contribution in [0.15, 0.2) is 169 Å². The summed E-state index contributed by atoms with van der Waals surface area (Å²) >= 11 is 12.2. The summed E-state index contributed by atoms with van der Waals surface area (Å²) in [5.41, 5.74) is 0.446. The van der Waals surface area contributed by atoms with Crippen LogP contribution in [0.4, 0.5) is 34.1 Å². The number of methoxy groups -OCH3 is 2. The van der Waals surface area contributed by atoms with Crippen molar-refractivity contribution in [3.63, 3.8) is 0 Å². The Morgan fingerprint density at radius 2 is 1.10 bits per heavy atom. The summed E-state index contributed by atoms with van der Waals surface area (Å²) in [6.45, 7) is 3.13. The van der Waals surface area contributed by atoms with Gasteiger partial charge in [0, 0.05) is 38.6 Å². The van der Waals surface area contributed by atoms with Gasteiger partial charge in [-0.25, -0.2) is 0 Å². The Balaban J connectivity index is 0.000000235. The van der Waals surface area contributed by atoms with Crippen LogP contribution in [0.25, 0.3) is 21.5 Å². The molecule has 23 heteroatoms. The number of phenolic OH excluding ortho intramolecular Hbond substituents is 1. The van der Waals surface area contributed by atoms with Gasteiger partial charge in [0.1, 0.15) is 38.4 Å². The topological polar surface area (TPSA) is 284 Å². The number of phenols is 1. The molecule has 0 aliphatic carbocycles. The van der Waals surface area contributed by atoms with Crippen LogP contribution < -0.4 is 25.0 Å². The van der Waals surface area contributed by atoms with Crippen molar-refractivity contribution < 1.29 is 55.5 Å². The third kappa shape index (κ3) is 13.1. The van der Waals surface area contributed by atoms with Gasteiger partial charge in [-0.1, -0.05) is 89.6 Å². The van der Waals surface area contributed by atoms with Crippen LogP contribution in [0.5, 0.6) is 23.0 Å². The summed E-state index contributed by atoms with van der Waals surface area (Å²) in [5.74, 6) is -1.60. The molecule has 8 rings (SSSR count). The van der Waals surface area contributed by atoms with Crippen molar-refractivity contribution in [2.24, 2.45) is 25.4 Å². The number of aliphatic imine (C=N–C) groups is 1. The summed E-state index contributed by atoms with van der Waals surface area (Å²) < 4.78 is 77.0. The molecule has 4 N–H and O–H groups in total. The number of amides is 1. The van der Waals surface area contributed by atoms with E-state index in [-0.39, 0.29) is 81.7 Å².